The first kappa shape index (κ1) is 31.2. The highest BCUT2D eigenvalue weighted by molar-refractivity contribution is 5.92. The Balaban J connectivity index is 3.56. The van der Waals surface area contributed by atoms with Gasteiger partial charge in [0.2, 0.25) is 11.8 Å². The summed E-state index contributed by atoms with van der Waals surface area (Å²) in [6.07, 6.45) is 4.17. The Kier molecular flexibility index (Phi) is 12.7. The first-order chi connectivity index (χ1) is 16.9. The van der Waals surface area contributed by atoms with Crippen molar-refractivity contribution in [2.45, 2.75) is 105 Å². The van der Waals surface area contributed by atoms with E-state index in [0.29, 0.717) is 24.9 Å². The number of hydrogen-bond acceptors (Lipinski definition) is 4. The second kappa shape index (κ2) is 14.7. The molecule has 2 N–H and O–H groups in total. The number of hydrogen-bond donors (Lipinski definition) is 2. The Morgan fingerprint density at radius 2 is 1.78 bits per heavy atom. The van der Waals surface area contributed by atoms with Crippen molar-refractivity contribution in [3.63, 3.8) is 0 Å². The van der Waals surface area contributed by atoms with Crippen LogP contribution in [0.15, 0.2) is 30.8 Å². The second-order valence-electron chi connectivity index (χ2n) is 10.4. The van der Waals surface area contributed by atoms with Crippen molar-refractivity contribution in [1.82, 2.24) is 15.5 Å². The van der Waals surface area contributed by atoms with Crippen LogP contribution in [0.2, 0.25) is 0 Å². The van der Waals surface area contributed by atoms with Crippen LogP contribution in [-0.4, -0.2) is 47.0 Å². The third-order valence-corrected chi connectivity index (χ3v) is 6.29. The zero-order valence-electron chi connectivity index (χ0n) is 23.5. The zero-order valence-corrected chi connectivity index (χ0v) is 23.5. The monoisotopic (exact) mass is 501 g/mol. The van der Waals surface area contributed by atoms with Gasteiger partial charge in [-0.25, -0.2) is 4.79 Å². The predicted molar refractivity (Wildman–Crippen MR) is 146 cm³/mol. The van der Waals surface area contributed by atoms with Gasteiger partial charge in [0.05, 0.1) is 0 Å². The number of ether oxygens (including phenoxy) is 1. The number of benzene rings is 1. The summed E-state index contributed by atoms with van der Waals surface area (Å²) >= 11 is 0. The average Bonchev–Trinajstić information content (AvgIpc) is 2.83. The van der Waals surface area contributed by atoms with Crippen LogP contribution in [0.5, 0.6) is 0 Å². The highest BCUT2D eigenvalue weighted by Gasteiger charge is 2.40. The lowest BCUT2D eigenvalue weighted by Crippen LogP contribution is -2.57. The molecular weight excluding hydrogens is 454 g/mol. The molecule has 4 atom stereocenters. The van der Waals surface area contributed by atoms with Crippen molar-refractivity contribution in [3.05, 3.63) is 42.0 Å². The van der Waals surface area contributed by atoms with Gasteiger partial charge in [0.15, 0.2) is 0 Å². The predicted octanol–water partition coefficient (Wildman–Crippen LogP) is 5.85. The van der Waals surface area contributed by atoms with Crippen molar-refractivity contribution < 1.29 is 19.1 Å². The maximum atomic E-state index is 14.2. The van der Waals surface area contributed by atoms with Crippen LogP contribution < -0.4 is 10.6 Å². The van der Waals surface area contributed by atoms with E-state index in [1.54, 1.807) is 31.7 Å². The molecule has 0 radical (unpaired) electrons. The third-order valence-electron chi connectivity index (χ3n) is 6.29. The fourth-order valence-corrected chi connectivity index (χ4v) is 3.85. The van der Waals surface area contributed by atoms with Crippen LogP contribution in [0.1, 0.15) is 98.2 Å². The molecule has 4 unspecified atom stereocenters. The van der Waals surface area contributed by atoms with Crippen molar-refractivity contribution >= 4 is 24.0 Å². The van der Waals surface area contributed by atoms with Gasteiger partial charge >= 0.3 is 6.09 Å². The van der Waals surface area contributed by atoms with Gasteiger partial charge in [0.25, 0.3) is 0 Å². The first-order valence-corrected chi connectivity index (χ1v) is 13.2. The molecule has 1 rings (SSSR count). The molecule has 7 nitrogen and oxygen atoms in total. The Morgan fingerprint density at radius 3 is 2.31 bits per heavy atom. The molecule has 1 aromatic rings. The molecule has 0 fully saturated rings. The lowest BCUT2D eigenvalue weighted by molar-refractivity contribution is -0.146. The van der Waals surface area contributed by atoms with Crippen LogP contribution in [-0.2, 0) is 14.3 Å². The quantitative estimate of drug-likeness (QED) is 0.332. The summed E-state index contributed by atoms with van der Waals surface area (Å²) in [4.78, 5) is 42.1. The molecule has 36 heavy (non-hydrogen) atoms. The molecular formula is C29H47N3O4. The fraction of sp³-hybridized carbons (Fsp3) is 0.621. The van der Waals surface area contributed by atoms with Crippen molar-refractivity contribution in [3.8, 4) is 0 Å². The Hall–Kier alpha value is -2.83. The molecule has 0 saturated carbocycles. The first-order valence-electron chi connectivity index (χ1n) is 13.2. The van der Waals surface area contributed by atoms with Gasteiger partial charge in [0.1, 0.15) is 17.7 Å². The number of nitrogens with one attached hydrogen (secondary N) is 2. The zero-order chi connectivity index (χ0) is 27.5. The summed E-state index contributed by atoms with van der Waals surface area (Å²) in [5, 5.41) is 5.82. The average molecular weight is 502 g/mol. The molecule has 0 aliphatic heterocycles. The van der Waals surface area contributed by atoms with Crippen molar-refractivity contribution in [2.75, 3.05) is 6.54 Å². The number of alkyl carbamates (subject to hydrolysis) is 1. The fourth-order valence-electron chi connectivity index (χ4n) is 3.85. The minimum atomic E-state index is -0.851. The van der Waals surface area contributed by atoms with Crippen LogP contribution in [0.3, 0.4) is 0 Å². The van der Waals surface area contributed by atoms with E-state index in [2.05, 4.69) is 24.1 Å². The topological polar surface area (TPSA) is 87.7 Å². The van der Waals surface area contributed by atoms with Gasteiger partial charge in [-0.1, -0.05) is 71.4 Å². The molecule has 3 amide bonds. The second-order valence-corrected chi connectivity index (χ2v) is 10.4. The molecule has 0 spiro atoms. The smallest absolute Gasteiger partial charge is 0.408 e. The number of rotatable bonds is 13. The maximum Gasteiger partial charge on any atom is 0.408 e. The largest absolute Gasteiger partial charge is 0.444 e. The number of carbonyl (C=O) groups excluding carboxylic acids is 3. The lowest BCUT2D eigenvalue weighted by Gasteiger charge is -2.39. The van der Waals surface area contributed by atoms with Crippen molar-refractivity contribution in [2.24, 2.45) is 5.92 Å². The summed E-state index contributed by atoms with van der Waals surface area (Å²) in [7, 11) is 0. The van der Waals surface area contributed by atoms with Crippen LogP contribution in [0.4, 0.5) is 4.79 Å². The van der Waals surface area contributed by atoms with Crippen molar-refractivity contribution in [1.29, 1.82) is 0 Å². The Morgan fingerprint density at radius 1 is 1.11 bits per heavy atom. The minimum Gasteiger partial charge on any atom is -0.444 e. The number of carbonyl (C=O) groups is 3. The highest BCUT2D eigenvalue weighted by atomic mass is 16.6. The number of nitrogens with zero attached hydrogens (tertiary/aromatic N) is 1. The van der Waals surface area contributed by atoms with Crippen LogP contribution in [0, 0.1) is 5.92 Å². The van der Waals surface area contributed by atoms with E-state index >= 15 is 0 Å². The van der Waals surface area contributed by atoms with Gasteiger partial charge in [-0.3, -0.25) is 9.59 Å². The van der Waals surface area contributed by atoms with Gasteiger partial charge in [0, 0.05) is 12.6 Å². The maximum absolute atomic E-state index is 14.2. The number of unbranched alkanes of at least 4 members (excludes halogenated alkanes) is 1. The molecule has 0 heterocycles. The van der Waals surface area contributed by atoms with Gasteiger partial charge in [-0.05, 0) is 63.6 Å². The van der Waals surface area contributed by atoms with Crippen LogP contribution >= 0.6 is 0 Å². The molecule has 0 aliphatic rings. The number of amides is 3. The van der Waals surface area contributed by atoms with E-state index in [4.69, 9.17) is 4.74 Å². The minimum absolute atomic E-state index is 0.167. The lowest BCUT2D eigenvalue weighted by atomic mass is 9.94. The standard InChI is InChI=1S/C29H47N3O4/c1-10-14-18-30-26(33)25(23-17-15-16-22(13-4)19-23)32(21(6)12-3)27(34)24(20(5)11-2)31-28(35)36-29(7,8)9/h13,15-17,19-21,24-25H,4,10-12,14,18H2,1-3,5-9H3,(H,30,33)(H,31,35). The molecule has 1 aromatic carbocycles. The van der Waals surface area contributed by atoms with Crippen LogP contribution in [0.25, 0.3) is 6.08 Å². The van der Waals surface area contributed by atoms with E-state index in [0.717, 1.165) is 18.4 Å². The van der Waals surface area contributed by atoms with E-state index in [9.17, 15) is 14.4 Å². The summed E-state index contributed by atoms with van der Waals surface area (Å²) in [5.74, 6) is -0.706. The summed E-state index contributed by atoms with van der Waals surface area (Å²) < 4.78 is 5.46. The normalized spacial score (nSPS) is 14.7. The van der Waals surface area contributed by atoms with Gasteiger partial charge in [-0.15, -0.1) is 0 Å². The van der Waals surface area contributed by atoms with Gasteiger partial charge < -0.3 is 20.3 Å². The SMILES string of the molecule is C=Cc1cccc(C(C(=O)NCCCC)N(C(=O)C(NC(=O)OC(C)(C)C)C(C)CC)C(C)CC)c1. The molecule has 7 heteroatoms. The van der Waals surface area contributed by atoms with E-state index in [1.807, 2.05) is 52.0 Å². The molecule has 0 saturated heterocycles. The summed E-state index contributed by atoms with van der Waals surface area (Å²) in [6, 6.07) is 5.58. The summed E-state index contributed by atoms with van der Waals surface area (Å²) in [6.45, 7) is 19.6. The van der Waals surface area contributed by atoms with E-state index < -0.39 is 23.8 Å². The molecule has 202 valence electrons. The molecule has 0 bridgehead atoms. The third kappa shape index (κ3) is 9.32. The Labute approximate surface area is 218 Å². The molecule has 0 aromatic heterocycles. The van der Waals surface area contributed by atoms with Gasteiger partial charge in [-0.2, -0.15) is 0 Å². The highest BCUT2D eigenvalue weighted by Crippen LogP contribution is 2.28. The summed E-state index contributed by atoms with van der Waals surface area (Å²) in [5.41, 5.74) is 0.868. The molecule has 0 aliphatic carbocycles. The van der Waals surface area contributed by atoms with E-state index in [-0.39, 0.29) is 23.8 Å². The Bertz CT molecular complexity index is 878. The van der Waals surface area contributed by atoms with E-state index in [1.165, 1.54) is 0 Å².